The van der Waals surface area contributed by atoms with Crippen molar-refractivity contribution < 1.29 is 14.8 Å². The molecule has 1 aromatic carbocycles. The van der Waals surface area contributed by atoms with Crippen LogP contribution in [-0.2, 0) is 16.1 Å². The molecule has 8 nitrogen and oxygen atoms in total. The number of nitrogens with two attached hydrogens (primary N) is 1. The number of amides is 2. The summed E-state index contributed by atoms with van der Waals surface area (Å²) in [5.41, 5.74) is 9.36. The second-order valence-electron chi connectivity index (χ2n) is 7.72. The predicted molar refractivity (Wildman–Crippen MR) is 131 cm³/mol. The van der Waals surface area contributed by atoms with Crippen LogP contribution in [-0.4, -0.2) is 62.2 Å². The number of rotatable bonds is 16. The Morgan fingerprint density at radius 1 is 0.968 bits per heavy atom. The van der Waals surface area contributed by atoms with Gasteiger partial charge >= 0.3 is 0 Å². The van der Waals surface area contributed by atoms with E-state index in [9.17, 15) is 9.59 Å². The summed E-state index contributed by atoms with van der Waals surface area (Å²) >= 11 is 0. The summed E-state index contributed by atoms with van der Waals surface area (Å²) in [6, 6.07) is 8.24. The van der Waals surface area contributed by atoms with Gasteiger partial charge in [-0.15, -0.1) is 17.0 Å². The molecule has 0 aliphatic heterocycles. The fourth-order valence-electron chi connectivity index (χ4n) is 3.10. The number of halogens is 1. The predicted octanol–water partition coefficient (Wildman–Crippen LogP) is 2.44. The average molecular weight is 502 g/mol. The molecule has 2 amide bonds. The fraction of sp³-hybridized carbons (Fsp3) is 0.636. The van der Waals surface area contributed by atoms with E-state index in [-0.39, 0.29) is 29.3 Å². The van der Waals surface area contributed by atoms with Crippen LogP contribution in [0.1, 0.15) is 50.5 Å². The number of nitrogens with one attached hydrogen (secondary N) is 2. The highest BCUT2D eigenvalue weighted by Gasteiger charge is 2.14. The summed E-state index contributed by atoms with van der Waals surface area (Å²) in [5.74, 6) is -0.319. The van der Waals surface area contributed by atoms with E-state index in [2.05, 4.69) is 29.6 Å². The van der Waals surface area contributed by atoms with Gasteiger partial charge in [-0.2, -0.15) is 0 Å². The summed E-state index contributed by atoms with van der Waals surface area (Å²) in [6.07, 6.45) is 4.80. The molecule has 0 fully saturated rings. The van der Waals surface area contributed by atoms with Crippen LogP contribution in [0.2, 0.25) is 0 Å². The van der Waals surface area contributed by atoms with Gasteiger partial charge in [0.1, 0.15) is 0 Å². The Morgan fingerprint density at radius 2 is 1.61 bits per heavy atom. The second-order valence-corrected chi connectivity index (χ2v) is 7.72. The minimum atomic E-state index is -0.416. The van der Waals surface area contributed by atoms with Crippen LogP contribution in [0.4, 0.5) is 5.69 Å². The Labute approximate surface area is 197 Å². The number of carbonyl (C=O) groups is 2. The Morgan fingerprint density at radius 3 is 2.23 bits per heavy atom. The van der Waals surface area contributed by atoms with Crippen LogP contribution in [0.25, 0.3) is 0 Å². The van der Waals surface area contributed by atoms with Crippen molar-refractivity contribution in [1.29, 1.82) is 0 Å². The molecule has 31 heavy (non-hydrogen) atoms. The van der Waals surface area contributed by atoms with Gasteiger partial charge in [0, 0.05) is 45.7 Å². The molecule has 0 saturated heterocycles. The second kappa shape index (κ2) is 17.9. The maximum Gasteiger partial charge on any atom is 0.243 e. The molecular formula is C22H40BrN5O3. The van der Waals surface area contributed by atoms with Gasteiger partial charge in [0.15, 0.2) is 0 Å². The first-order valence-electron chi connectivity index (χ1n) is 10.9. The van der Waals surface area contributed by atoms with E-state index in [1.807, 2.05) is 23.9 Å². The number of hydrogen-bond acceptors (Lipinski definition) is 6. The molecule has 0 atom stereocenters. The Balaban J connectivity index is 0.00000900. The van der Waals surface area contributed by atoms with Crippen LogP contribution < -0.4 is 21.4 Å². The fourth-order valence-corrected chi connectivity index (χ4v) is 3.10. The van der Waals surface area contributed by atoms with Gasteiger partial charge in [-0.25, -0.2) is 5.48 Å². The number of hydroxylamine groups is 1. The molecule has 9 heteroatoms. The molecule has 0 saturated carbocycles. The van der Waals surface area contributed by atoms with E-state index in [0.717, 1.165) is 50.1 Å². The highest BCUT2D eigenvalue weighted by Crippen LogP contribution is 2.15. The summed E-state index contributed by atoms with van der Waals surface area (Å²) < 4.78 is 0. The van der Waals surface area contributed by atoms with E-state index in [4.69, 9.17) is 10.9 Å². The van der Waals surface area contributed by atoms with E-state index < -0.39 is 5.91 Å². The molecule has 1 aromatic rings. The van der Waals surface area contributed by atoms with Crippen LogP contribution >= 0.6 is 17.0 Å². The molecule has 0 heterocycles. The zero-order valence-electron chi connectivity index (χ0n) is 18.9. The number of benzene rings is 1. The Bertz CT molecular complexity index is 614. The standard InChI is InChI=1S/C22H39N5O3.BrH/c1-26(2)20-12-10-19(11-13-20)18-27(17-7-16-24-15-6-5-14-23)22(29)9-4-3-8-21(28)25-30;/h10-13,24,30H,3-9,14-18,23H2,1-2H3,(H,25,28);1H. The summed E-state index contributed by atoms with van der Waals surface area (Å²) in [4.78, 5) is 27.8. The van der Waals surface area contributed by atoms with Crippen LogP contribution in [0.3, 0.4) is 0 Å². The zero-order valence-corrected chi connectivity index (χ0v) is 20.7. The van der Waals surface area contributed by atoms with Crippen LogP contribution in [0.15, 0.2) is 24.3 Å². The van der Waals surface area contributed by atoms with E-state index >= 15 is 0 Å². The van der Waals surface area contributed by atoms with E-state index in [1.54, 1.807) is 5.48 Å². The zero-order chi connectivity index (χ0) is 22.2. The minimum Gasteiger partial charge on any atom is -0.378 e. The van der Waals surface area contributed by atoms with Crippen molar-refractivity contribution in [1.82, 2.24) is 15.7 Å². The van der Waals surface area contributed by atoms with Crippen molar-refractivity contribution in [3.05, 3.63) is 29.8 Å². The maximum atomic E-state index is 12.8. The van der Waals surface area contributed by atoms with Gasteiger partial charge in [-0.3, -0.25) is 14.8 Å². The van der Waals surface area contributed by atoms with Gasteiger partial charge in [-0.05, 0) is 69.4 Å². The molecule has 0 bridgehead atoms. The topological polar surface area (TPSA) is 111 Å². The third-order valence-electron chi connectivity index (χ3n) is 4.94. The third-order valence-corrected chi connectivity index (χ3v) is 4.94. The first kappa shape index (κ1) is 29.3. The molecule has 1 rings (SSSR count). The smallest absolute Gasteiger partial charge is 0.243 e. The molecule has 5 N–H and O–H groups in total. The number of unbranched alkanes of at least 4 members (excludes halogenated alkanes) is 2. The quantitative estimate of drug-likeness (QED) is 0.157. The van der Waals surface area contributed by atoms with Crippen molar-refractivity contribution in [2.75, 3.05) is 45.2 Å². The number of hydrogen-bond donors (Lipinski definition) is 4. The lowest BCUT2D eigenvalue weighted by atomic mass is 10.1. The third kappa shape index (κ3) is 13.4. The molecule has 0 aliphatic rings. The van der Waals surface area contributed by atoms with Gasteiger partial charge in [0.2, 0.25) is 11.8 Å². The lowest BCUT2D eigenvalue weighted by Gasteiger charge is -2.24. The Hall–Kier alpha value is -1.68. The maximum absolute atomic E-state index is 12.8. The van der Waals surface area contributed by atoms with Gasteiger partial charge in [0.05, 0.1) is 0 Å². The number of nitrogens with zero attached hydrogens (tertiary/aromatic N) is 2. The van der Waals surface area contributed by atoms with E-state index in [0.29, 0.717) is 32.4 Å². The van der Waals surface area contributed by atoms with Gasteiger partial charge in [-0.1, -0.05) is 12.1 Å². The van der Waals surface area contributed by atoms with Crippen molar-refractivity contribution >= 4 is 34.5 Å². The molecule has 0 unspecified atom stereocenters. The summed E-state index contributed by atoms with van der Waals surface area (Å²) in [5, 5.41) is 12.0. The molecule has 0 spiro atoms. The highest BCUT2D eigenvalue weighted by atomic mass is 79.9. The van der Waals surface area contributed by atoms with Crippen molar-refractivity contribution in [2.45, 2.75) is 51.5 Å². The summed E-state index contributed by atoms with van der Waals surface area (Å²) in [6.45, 7) is 3.80. The normalized spacial score (nSPS) is 10.3. The van der Waals surface area contributed by atoms with Gasteiger partial charge < -0.3 is 20.9 Å². The lowest BCUT2D eigenvalue weighted by molar-refractivity contribution is -0.132. The Kier molecular flexibility index (Phi) is 17.0. The number of carbonyl (C=O) groups excluding carboxylic acids is 2. The lowest BCUT2D eigenvalue weighted by Crippen LogP contribution is -2.33. The molecule has 0 aliphatic carbocycles. The number of anilines is 1. The first-order valence-corrected chi connectivity index (χ1v) is 10.9. The largest absolute Gasteiger partial charge is 0.378 e. The van der Waals surface area contributed by atoms with Crippen LogP contribution in [0.5, 0.6) is 0 Å². The minimum absolute atomic E-state index is 0. The van der Waals surface area contributed by atoms with Crippen molar-refractivity contribution in [2.24, 2.45) is 5.73 Å². The molecular weight excluding hydrogens is 462 g/mol. The first-order chi connectivity index (χ1) is 14.5. The summed E-state index contributed by atoms with van der Waals surface area (Å²) in [7, 11) is 4.00. The van der Waals surface area contributed by atoms with Crippen molar-refractivity contribution in [3.8, 4) is 0 Å². The van der Waals surface area contributed by atoms with E-state index in [1.165, 1.54) is 0 Å². The van der Waals surface area contributed by atoms with Crippen LogP contribution in [0, 0.1) is 0 Å². The average Bonchev–Trinajstić information content (AvgIpc) is 2.75. The monoisotopic (exact) mass is 501 g/mol. The van der Waals surface area contributed by atoms with Crippen molar-refractivity contribution in [3.63, 3.8) is 0 Å². The molecule has 178 valence electrons. The SMILES string of the molecule is Br.CN(C)c1ccc(CN(CCCNCCCCN)C(=O)CCCCC(=O)NO)cc1. The van der Waals surface area contributed by atoms with Gasteiger partial charge in [0.25, 0.3) is 0 Å². The highest BCUT2D eigenvalue weighted by molar-refractivity contribution is 8.93. The molecule has 0 aromatic heterocycles. The molecule has 0 radical (unpaired) electrons.